The molecule has 0 aliphatic rings. The predicted molar refractivity (Wildman–Crippen MR) is 82.8 cm³/mol. The number of nitrogens with one attached hydrogen (secondary N) is 2. The third kappa shape index (κ3) is 4.21. The van der Waals surface area contributed by atoms with E-state index in [0.29, 0.717) is 6.04 Å². The van der Waals surface area contributed by atoms with Crippen LogP contribution in [0.1, 0.15) is 20.3 Å². The van der Waals surface area contributed by atoms with E-state index in [1.54, 1.807) is 6.33 Å². The zero-order chi connectivity index (χ0) is 13.7. The number of halogens is 1. The number of anilines is 3. The maximum absolute atomic E-state index is 4.22. The minimum atomic E-state index is 0.397. The summed E-state index contributed by atoms with van der Waals surface area (Å²) in [6, 6.07) is 10.3. The SMILES string of the molecule is CCC(C)Nc1cc(Nc2cccc(Br)c2)ncn1. The molecule has 1 atom stereocenters. The molecule has 1 heterocycles. The van der Waals surface area contributed by atoms with Gasteiger partial charge >= 0.3 is 0 Å². The van der Waals surface area contributed by atoms with Gasteiger partial charge in [0.1, 0.15) is 18.0 Å². The molecule has 19 heavy (non-hydrogen) atoms. The Bertz CT molecular complexity index is 544. The Balaban J connectivity index is 2.10. The third-order valence-corrected chi connectivity index (χ3v) is 3.26. The summed E-state index contributed by atoms with van der Waals surface area (Å²) in [5, 5.41) is 6.58. The van der Waals surface area contributed by atoms with Crippen molar-refractivity contribution in [2.45, 2.75) is 26.3 Å². The zero-order valence-corrected chi connectivity index (χ0v) is 12.6. The highest BCUT2D eigenvalue weighted by Gasteiger charge is 2.02. The Kier molecular flexibility index (Phi) is 4.74. The van der Waals surface area contributed by atoms with Crippen molar-refractivity contribution >= 4 is 33.3 Å². The lowest BCUT2D eigenvalue weighted by atomic mass is 10.2. The fraction of sp³-hybridized carbons (Fsp3) is 0.286. The van der Waals surface area contributed by atoms with Gasteiger partial charge < -0.3 is 10.6 Å². The van der Waals surface area contributed by atoms with E-state index < -0.39 is 0 Å². The predicted octanol–water partition coefficient (Wildman–Crippen LogP) is 4.19. The van der Waals surface area contributed by atoms with Crippen molar-refractivity contribution in [3.8, 4) is 0 Å². The van der Waals surface area contributed by atoms with Gasteiger partial charge in [0.25, 0.3) is 0 Å². The van der Waals surface area contributed by atoms with Crippen molar-refractivity contribution in [3.05, 3.63) is 41.1 Å². The topological polar surface area (TPSA) is 49.8 Å². The highest BCUT2D eigenvalue weighted by atomic mass is 79.9. The van der Waals surface area contributed by atoms with E-state index in [-0.39, 0.29) is 0 Å². The summed E-state index contributed by atoms with van der Waals surface area (Å²) in [7, 11) is 0. The van der Waals surface area contributed by atoms with Crippen molar-refractivity contribution in [1.29, 1.82) is 0 Å². The fourth-order valence-corrected chi connectivity index (χ4v) is 1.97. The molecule has 0 aliphatic carbocycles. The molecule has 0 radical (unpaired) electrons. The van der Waals surface area contributed by atoms with E-state index in [1.165, 1.54) is 0 Å². The van der Waals surface area contributed by atoms with Crippen molar-refractivity contribution in [3.63, 3.8) is 0 Å². The second-order valence-corrected chi connectivity index (χ2v) is 5.29. The molecule has 5 heteroatoms. The normalized spacial score (nSPS) is 11.9. The molecule has 0 bridgehead atoms. The molecule has 2 rings (SSSR count). The molecule has 1 aromatic heterocycles. The monoisotopic (exact) mass is 320 g/mol. The van der Waals surface area contributed by atoms with E-state index in [4.69, 9.17) is 0 Å². The molecule has 100 valence electrons. The summed E-state index contributed by atoms with van der Waals surface area (Å²) < 4.78 is 1.03. The van der Waals surface area contributed by atoms with Crippen LogP contribution in [-0.2, 0) is 0 Å². The number of aromatic nitrogens is 2. The summed E-state index contributed by atoms with van der Waals surface area (Å²) in [5.74, 6) is 1.61. The molecule has 1 aromatic carbocycles. The highest BCUT2D eigenvalue weighted by Crippen LogP contribution is 2.20. The first-order valence-electron chi connectivity index (χ1n) is 6.28. The van der Waals surface area contributed by atoms with Crippen LogP contribution < -0.4 is 10.6 Å². The Morgan fingerprint density at radius 1 is 1.21 bits per heavy atom. The van der Waals surface area contributed by atoms with E-state index in [2.05, 4.69) is 50.4 Å². The molecule has 0 saturated heterocycles. The van der Waals surface area contributed by atoms with Crippen LogP contribution in [-0.4, -0.2) is 16.0 Å². The second kappa shape index (κ2) is 6.52. The molecule has 4 nitrogen and oxygen atoms in total. The first kappa shape index (κ1) is 13.8. The van der Waals surface area contributed by atoms with Crippen molar-refractivity contribution in [2.75, 3.05) is 10.6 Å². The molecular formula is C14H17BrN4. The summed E-state index contributed by atoms with van der Waals surface area (Å²) in [5.41, 5.74) is 0.988. The van der Waals surface area contributed by atoms with Crippen LogP contribution in [0.3, 0.4) is 0 Å². The summed E-state index contributed by atoms with van der Waals surface area (Å²) in [6.45, 7) is 4.27. The third-order valence-electron chi connectivity index (χ3n) is 2.77. The smallest absolute Gasteiger partial charge is 0.135 e. The van der Waals surface area contributed by atoms with Gasteiger partial charge in [-0.1, -0.05) is 28.9 Å². The average molecular weight is 321 g/mol. The number of rotatable bonds is 5. The van der Waals surface area contributed by atoms with Gasteiger partial charge in [-0.2, -0.15) is 0 Å². The average Bonchev–Trinajstić information content (AvgIpc) is 2.39. The van der Waals surface area contributed by atoms with Gasteiger partial charge in [-0.3, -0.25) is 0 Å². The zero-order valence-electron chi connectivity index (χ0n) is 11.0. The van der Waals surface area contributed by atoms with Gasteiger partial charge in [0.05, 0.1) is 0 Å². The van der Waals surface area contributed by atoms with Gasteiger partial charge in [-0.25, -0.2) is 9.97 Å². The Morgan fingerprint density at radius 2 is 2.00 bits per heavy atom. The Hall–Kier alpha value is -1.62. The first-order chi connectivity index (χ1) is 9.17. The van der Waals surface area contributed by atoms with Crippen LogP contribution in [0, 0.1) is 0 Å². The quantitative estimate of drug-likeness (QED) is 0.867. The molecule has 0 fully saturated rings. The van der Waals surface area contributed by atoms with E-state index in [0.717, 1.165) is 28.2 Å². The van der Waals surface area contributed by atoms with E-state index >= 15 is 0 Å². The van der Waals surface area contributed by atoms with Crippen molar-refractivity contribution in [1.82, 2.24) is 9.97 Å². The highest BCUT2D eigenvalue weighted by molar-refractivity contribution is 9.10. The molecule has 0 saturated carbocycles. The summed E-state index contributed by atoms with van der Waals surface area (Å²) in [4.78, 5) is 8.43. The molecule has 0 spiro atoms. The molecule has 2 aromatic rings. The largest absolute Gasteiger partial charge is 0.367 e. The number of nitrogens with zero attached hydrogens (tertiary/aromatic N) is 2. The molecule has 1 unspecified atom stereocenters. The fourth-order valence-electron chi connectivity index (χ4n) is 1.57. The van der Waals surface area contributed by atoms with Gasteiger partial charge in [0, 0.05) is 22.3 Å². The van der Waals surface area contributed by atoms with Gasteiger partial charge in [-0.05, 0) is 31.5 Å². The van der Waals surface area contributed by atoms with Crippen LogP contribution in [0.25, 0.3) is 0 Å². The molecule has 2 N–H and O–H groups in total. The first-order valence-corrected chi connectivity index (χ1v) is 7.08. The van der Waals surface area contributed by atoms with Crippen LogP contribution in [0.2, 0.25) is 0 Å². The number of benzene rings is 1. The van der Waals surface area contributed by atoms with Crippen LogP contribution in [0.5, 0.6) is 0 Å². The van der Waals surface area contributed by atoms with Crippen LogP contribution >= 0.6 is 15.9 Å². The Morgan fingerprint density at radius 3 is 2.74 bits per heavy atom. The van der Waals surface area contributed by atoms with E-state index in [1.807, 2.05) is 30.3 Å². The molecule has 0 amide bonds. The minimum absolute atomic E-state index is 0.397. The van der Waals surface area contributed by atoms with Gasteiger partial charge in [0.15, 0.2) is 0 Å². The minimum Gasteiger partial charge on any atom is -0.367 e. The number of hydrogen-bond donors (Lipinski definition) is 2. The summed E-state index contributed by atoms with van der Waals surface area (Å²) >= 11 is 3.45. The maximum Gasteiger partial charge on any atom is 0.135 e. The van der Waals surface area contributed by atoms with Crippen LogP contribution in [0.4, 0.5) is 17.3 Å². The lowest BCUT2D eigenvalue weighted by Gasteiger charge is -2.13. The maximum atomic E-state index is 4.22. The standard InChI is InChI=1S/C14H17BrN4/c1-3-10(2)18-13-8-14(17-9-16-13)19-12-6-4-5-11(15)7-12/h4-10H,3H2,1-2H3,(H2,16,17,18,19). The lowest BCUT2D eigenvalue weighted by Crippen LogP contribution is -2.14. The summed E-state index contributed by atoms with van der Waals surface area (Å²) in [6.07, 6.45) is 2.61. The van der Waals surface area contributed by atoms with Crippen LogP contribution in [0.15, 0.2) is 41.1 Å². The second-order valence-electron chi connectivity index (χ2n) is 4.38. The van der Waals surface area contributed by atoms with Crippen molar-refractivity contribution in [2.24, 2.45) is 0 Å². The molecular weight excluding hydrogens is 304 g/mol. The lowest BCUT2D eigenvalue weighted by molar-refractivity contribution is 0.758. The molecule has 0 aliphatic heterocycles. The Labute approximate surface area is 121 Å². The van der Waals surface area contributed by atoms with Gasteiger partial charge in [-0.15, -0.1) is 0 Å². The van der Waals surface area contributed by atoms with Crippen molar-refractivity contribution < 1.29 is 0 Å². The van der Waals surface area contributed by atoms with E-state index in [9.17, 15) is 0 Å². The van der Waals surface area contributed by atoms with Gasteiger partial charge in [0.2, 0.25) is 0 Å². The number of hydrogen-bond acceptors (Lipinski definition) is 4.